The van der Waals surface area contributed by atoms with Crippen LogP contribution in [0.15, 0.2) is 30.6 Å². The molecule has 0 bridgehead atoms. The van der Waals surface area contributed by atoms with E-state index in [0.717, 1.165) is 27.4 Å². The van der Waals surface area contributed by atoms with Crippen LogP contribution in [-0.2, 0) is 4.79 Å². The largest absolute Gasteiger partial charge is 0.333 e. The lowest BCUT2D eigenvalue weighted by Crippen LogP contribution is -2.48. The predicted molar refractivity (Wildman–Crippen MR) is 98.9 cm³/mol. The van der Waals surface area contributed by atoms with E-state index >= 15 is 0 Å². The van der Waals surface area contributed by atoms with Gasteiger partial charge in [0.1, 0.15) is 0 Å². The molecular weight excluding hydrogens is 334 g/mol. The van der Waals surface area contributed by atoms with Crippen LogP contribution in [-0.4, -0.2) is 41.2 Å². The van der Waals surface area contributed by atoms with E-state index in [4.69, 9.17) is 0 Å². The number of hydrogen-bond donors (Lipinski definition) is 1. The van der Waals surface area contributed by atoms with Gasteiger partial charge in [0.05, 0.1) is 6.04 Å². The zero-order chi connectivity index (χ0) is 17.8. The van der Waals surface area contributed by atoms with Gasteiger partial charge in [0.15, 0.2) is 5.78 Å². The standard InChI is InChI=1S/C19H23N3O2S/c1-13-10-16(14(2)25-13)18(23)5-6-19(24)22-9-8-21-12-17(22)15-4-3-7-20-11-15/h3-4,7,10-11,17,21H,5-6,8-9,12H2,1-2H3. The van der Waals surface area contributed by atoms with E-state index in [0.29, 0.717) is 13.1 Å². The van der Waals surface area contributed by atoms with Gasteiger partial charge < -0.3 is 10.2 Å². The molecule has 0 radical (unpaired) electrons. The highest BCUT2D eigenvalue weighted by Crippen LogP contribution is 2.25. The Hall–Kier alpha value is -2.05. The maximum atomic E-state index is 12.7. The first kappa shape index (κ1) is 17.8. The number of aryl methyl sites for hydroxylation is 2. The molecule has 0 aliphatic carbocycles. The summed E-state index contributed by atoms with van der Waals surface area (Å²) in [5.41, 5.74) is 1.79. The quantitative estimate of drug-likeness (QED) is 0.836. The summed E-state index contributed by atoms with van der Waals surface area (Å²) in [5.74, 6) is 0.0940. The molecule has 1 aliphatic rings. The number of aromatic nitrogens is 1. The Labute approximate surface area is 152 Å². The lowest BCUT2D eigenvalue weighted by molar-refractivity contribution is -0.134. The molecule has 1 atom stereocenters. The smallest absolute Gasteiger partial charge is 0.223 e. The number of carbonyl (C=O) groups is 2. The van der Waals surface area contributed by atoms with Gasteiger partial charge >= 0.3 is 0 Å². The average Bonchev–Trinajstić information content (AvgIpc) is 2.98. The van der Waals surface area contributed by atoms with Crippen LogP contribution in [0.3, 0.4) is 0 Å². The fraction of sp³-hybridized carbons (Fsp3) is 0.421. The lowest BCUT2D eigenvalue weighted by Gasteiger charge is -2.36. The summed E-state index contributed by atoms with van der Waals surface area (Å²) in [6.07, 6.45) is 4.06. The van der Waals surface area contributed by atoms with Crippen molar-refractivity contribution in [3.05, 3.63) is 51.5 Å². The van der Waals surface area contributed by atoms with E-state index in [1.807, 2.05) is 36.9 Å². The molecule has 0 spiro atoms. The molecule has 2 aromatic heterocycles. The van der Waals surface area contributed by atoms with E-state index in [2.05, 4.69) is 10.3 Å². The van der Waals surface area contributed by atoms with Crippen molar-refractivity contribution in [3.63, 3.8) is 0 Å². The number of Topliss-reactive ketones (excluding diaryl/α,β-unsaturated/α-hetero) is 1. The molecule has 1 aliphatic heterocycles. The number of pyridine rings is 1. The van der Waals surface area contributed by atoms with Crippen molar-refractivity contribution in [1.29, 1.82) is 0 Å². The van der Waals surface area contributed by atoms with Crippen molar-refractivity contribution in [2.45, 2.75) is 32.7 Å². The zero-order valence-corrected chi connectivity index (χ0v) is 15.4. The Balaban J connectivity index is 1.65. The van der Waals surface area contributed by atoms with Gasteiger partial charge in [-0.15, -0.1) is 11.3 Å². The summed E-state index contributed by atoms with van der Waals surface area (Å²) in [5, 5.41) is 3.33. The van der Waals surface area contributed by atoms with E-state index in [1.54, 1.807) is 23.7 Å². The highest BCUT2D eigenvalue weighted by Gasteiger charge is 2.28. The number of amides is 1. The van der Waals surface area contributed by atoms with E-state index in [9.17, 15) is 9.59 Å². The molecule has 3 rings (SSSR count). The highest BCUT2D eigenvalue weighted by atomic mass is 32.1. The molecule has 1 N–H and O–H groups in total. The van der Waals surface area contributed by atoms with Crippen molar-refractivity contribution in [2.75, 3.05) is 19.6 Å². The maximum absolute atomic E-state index is 12.7. The third-order valence-corrected chi connectivity index (χ3v) is 5.51. The van der Waals surface area contributed by atoms with Gasteiger partial charge in [0, 0.05) is 60.2 Å². The molecule has 0 aromatic carbocycles. The fourth-order valence-electron chi connectivity index (χ4n) is 3.28. The molecule has 132 valence electrons. The second-order valence-electron chi connectivity index (χ2n) is 6.34. The summed E-state index contributed by atoms with van der Waals surface area (Å²) >= 11 is 1.63. The van der Waals surface area contributed by atoms with Crippen molar-refractivity contribution in [1.82, 2.24) is 15.2 Å². The Bertz CT molecular complexity index is 757. The summed E-state index contributed by atoms with van der Waals surface area (Å²) in [4.78, 5) is 33.4. The van der Waals surface area contributed by atoms with Gasteiger partial charge in [-0.2, -0.15) is 0 Å². The number of carbonyl (C=O) groups excluding carboxylic acids is 2. The van der Waals surface area contributed by atoms with Gasteiger partial charge in [-0.25, -0.2) is 0 Å². The van der Waals surface area contributed by atoms with Crippen LogP contribution in [0.2, 0.25) is 0 Å². The van der Waals surface area contributed by atoms with Crippen LogP contribution >= 0.6 is 11.3 Å². The Morgan fingerprint density at radius 3 is 2.88 bits per heavy atom. The molecule has 2 aromatic rings. The van der Waals surface area contributed by atoms with Gasteiger partial charge in [-0.3, -0.25) is 14.6 Å². The summed E-state index contributed by atoms with van der Waals surface area (Å²) in [7, 11) is 0. The number of thiophene rings is 1. The Morgan fingerprint density at radius 2 is 2.20 bits per heavy atom. The van der Waals surface area contributed by atoms with Crippen LogP contribution < -0.4 is 5.32 Å². The molecule has 1 unspecified atom stereocenters. The third-order valence-electron chi connectivity index (χ3n) is 4.54. The summed E-state index contributed by atoms with van der Waals surface area (Å²) in [6.45, 7) is 6.11. The van der Waals surface area contributed by atoms with Crippen LogP contribution in [0.25, 0.3) is 0 Å². The second-order valence-corrected chi connectivity index (χ2v) is 7.80. The first-order valence-electron chi connectivity index (χ1n) is 8.56. The Morgan fingerprint density at radius 1 is 1.36 bits per heavy atom. The average molecular weight is 357 g/mol. The molecule has 1 amide bonds. The van der Waals surface area contributed by atoms with Crippen LogP contribution in [0, 0.1) is 13.8 Å². The van der Waals surface area contributed by atoms with Crippen LogP contribution in [0.5, 0.6) is 0 Å². The van der Waals surface area contributed by atoms with Gasteiger partial charge in [0.2, 0.25) is 5.91 Å². The monoisotopic (exact) mass is 357 g/mol. The zero-order valence-electron chi connectivity index (χ0n) is 14.6. The molecule has 1 saturated heterocycles. The number of piperazine rings is 1. The number of ketones is 1. The van der Waals surface area contributed by atoms with E-state index < -0.39 is 0 Å². The lowest BCUT2D eigenvalue weighted by atomic mass is 10.0. The second kappa shape index (κ2) is 7.89. The predicted octanol–water partition coefficient (Wildman–Crippen LogP) is 2.90. The first-order chi connectivity index (χ1) is 12.1. The molecule has 3 heterocycles. The van der Waals surface area contributed by atoms with Crippen molar-refractivity contribution in [3.8, 4) is 0 Å². The van der Waals surface area contributed by atoms with E-state index in [-0.39, 0.29) is 30.6 Å². The molecular formula is C19H23N3O2S. The van der Waals surface area contributed by atoms with Gasteiger partial charge in [-0.05, 0) is 31.5 Å². The molecule has 5 nitrogen and oxygen atoms in total. The van der Waals surface area contributed by atoms with Gasteiger partial charge in [0.25, 0.3) is 0 Å². The minimum absolute atomic E-state index is 0.0184. The number of rotatable bonds is 5. The van der Waals surface area contributed by atoms with Crippen LogP contribution in [0.4, 0.5) is 0 Å². The molecule has 6 heteroatoms. The minimum Gasteiger partial charge on any atom is -0.333 e. The molecule has 1 fully saturated rings. The summed E-state index contributed by atoms with van der Waals surface area (Å²) < 4.78 is 0. The van der Waals surface area contributed by atoms with Crippen molar-refractivity contribution < 1.29 is 9.59 Å². The minimum atomic E-state index is -0.0184. The Kier molecular flexibility index (Phi) is 5.60. The maximum Gasteiger partial charge on any atom is 0.223 e. The molecule has 0 saturated carbocycles. The number of nitrogens with one attached hydrogen (secondary N) is 1. The highest BCUT2D eigenvalue weighted by molar-refractivity contribution is 7.12. The van der Waals surface area contributed by atoms with Crippen molar-refractivity contribution in [2.24, 2.45) is 0 Å². The number of nitrogens with zero attached hydrogens (tertiary/aromatic N) is 2. The van der Waals surface area contributed by atoms with Gasteiger partial charge in [-0.1, -0.05) is 6.07 Å². The molecule has 25 heavy (non-hydrogen) atoms. The fourth-order valence-corrected chi connectivity index (χ4v) is 4.22. The van der Waals surface area contributed by atoms with Crippen molar-refractivity contribution >= 4 is 23.0 Å². The normalized spacial score (nSPS) is 17.5. The number of hydrogen-bond acceptors (Lipinski definition) is 5. The van der Waals surface area contributed by atoms with E-state index in [1.165, 1.54) is 0 Å². The first-order valence-corrected chi connectivity index (χ1v) is 9.38. The van der Waals surface area contributed by atoms with Crippen LogP contribution in [0.1, 0.15) is 44.6 Å². The third kappa shape index (κ3) is 4.14. The summed E-state index contributed by atoms with van der Waals surface area (Å²) in [6, 6.07) is 5.79. The topological polar surface area (TPSA) is 62.3 Å². The SMILES string of the molecule is Cc1cc(C(=O)CCC(=O)N2CCNCC2c2cccnc2)c(C)s1.